The highest BCUT2D eigenvalue weighted by Crippen LogP contribution is 2.21. The van der Waals surface area contributed by atoms with Gasteiger partial charge in [-0.1, -0.05) is 13.8 Å². The minimum absolute atomic E-state index is 0.131. The summed E-state index contributed by atoms with van der Waals surface area (Å²) in [6.07, 6.45) is 1.86. The Morgan fingerprint density at radius 1 is 1.41 bits per heavy atom. The lowest BCUT2D eigenvalue weighted by Gasteiger charge is -2.32. The summed E-state index contributed by atoms with van der Waals surface area (Å²) < 4.78 is 0. The van der Waals surface area contributed by atoms with Gasteiger partial charge in [-0.05, 0) is 31.9 Å². The molecule has 3 N–H and O–H groups in total. The van der Waals surface area contributed by atoms with Crippen LogP contribution in [0.1, 0.15) is 37.9 Å². The van der Waals surface area contributed by atoms with Crippen molar-refractivity contribution in [1.82, 2.24) is 4.98 Å². The van der Waals surface area contributed by atoms with Gasteiger partial charge >= 0.3 is 0 Å². The van der Waals surface area contributed by atoms with Crippen molar-refractivity contribution in [3.8, 4) is 6.07 Å². The number of hydrogen-bond acceptors (Lipinski definition) is 4. The van der Waals surface area contributed by atoms with Gasteiger partial charge in [-0.2, -0.15) is 5.26 Å². The molecule has 0 amide bonds. The van der Waals surface area contributed by atoms with Crippen LogP contribution in [0.5, 0.6) is 0 Å². The second kappa shape index (κ2) is 5.65. The molecule has 0 saturated carbocycles. The fraction of sp³-hybridized carbons (Fsp3) is 0.538. The number of nitrogens with one attached hydrogen (secondary N) is 1. The number of nitriles is 1. The molecule has 1 heterocycles. The fourth-order valence-corrected chi connectivity index (χ4v) is 1.84. The average molecular weight is 232 g/mol. The fourth-order valence-electron chi connectivity index (χ4n) is 1.84. The summed E-state index contributed by atoms with van der Waals surface area (Å²) in [4.78, 5) is 4.39. The van der Waals surface area contributed by atoms with E-state index in [0.29, 0.717) is 12.1 Å². The highest BCUT2D eigenvalue weighted by molar-refractivity contribution is 5.46. The normalized spacial score (nSPS) is 11.0. The van der Waals surface area contributed by atoms with Crippen molar-refractivity contribution in [3.05, 3.63) is 23.4 Å². The number of aryl methyl sites for hydroxylation is 1. The van der Waals surface area contributed by atoms with Crippen LogP contribution in [-0.4, -0.2) is 17.1 Å². The van der Waals surface area contributed by atoms with Crippen molar-refractivity contribution in [1.29, 1.82) is 5.26 Å². The summed E-state index contributed by atoms with van der Waals surface area (Å²) in [5, 5.41) is 12.3. The third-order valence-corrected chi connectivity index (χ3v) is 3.22. The summed E-state index contributed by atoms with van der Waals surface area (Å²) in [7, 11) is 0. The topological polar surface area (TPSA) is 74.7 Å². The monoisotopic (exact) mass is 232 g/mol. The number of nitrogens with zero attached hydrogens (tertiary/aromatic N) is 2. The van der Waals surface area contributed by atoms with E-state index in [1.54, 1.807) is 12.1 Å². The van der Waals surface area contributed by atoms with E-state index in [-0.39, 0.29) is 5.54 Å². The summed E-state index contributed by atoms with van der Waals surface area (Å²) in [6, 6.07) is 5.67. The van der Waals surface area contributed by atoms with Crippen molar-refractivity contribution >= 4 is 5.82 Å². The summed E-state index contributed by atoms with van der Waals surface area (Å²) in [5.74, 6) is 0.732. The van der Waals surface area contributed by atoms with Gasteiger partial charge in [-0.15, -0.1) is 0 Å². The molecule has 0 bridgehead atoms. The van der Waals surface area contributed by atoms with Crippen LogP contribution in [0, 0.1) is 18.3 Å². The average Bonchev–Trinajstić information content (AvgIpc) is 2.35. The molecular weight excluding hydrogens is 212 g/mol. The molecule has 0 atom stereocenters. The zero-order valence-corrected chi connectivity index (χ0v) is 10.7. The largest absolute Gasteiger partial charge is 0.363 e. The second-order valence-electron chi connectivity index (χ2n) is 4.31. The Morgan fingerprint density at radius 3 is 2.53 bits per heavy atom. The van der Waals surface area contributed by atoms with Gasteiger partial charge in [0.15, 0.2) is 0 Å². The third-order valence-electron chi connectivity index (χ3n) is 3.22. The molecular formula is C13H20N4. The Labute approximate surface area is 103 Å². The number of hydrogen-bond donors (Lipinski definition) is 2. The second-order valence-corrected chi connectivity index (χ2v) is 4.31. The van der Waals surface area contributed by atoms with Crippen LogP contribution >= 0.6 is 0 Å². The molecule has 0 fully saturated rings. The van der Waals surface area contributed by atoms with Crippen molar-refractivity contribution in [2.75, 3.05) is 11.9 Å². The van der Waals surface area contributed by atoms with Crippen molar-refractivity contribution in [3.63, 3.8) is 0 Å². The molecule has 4 nitrogen and oxygen atoms in total. The first-order valence-electron chi connectivity index (χ1n) is 5.96. The van der Waals surface area contributed by atoms with Gasteiger partial charge in [-0.25, -0.2) is 4.98 Å². The molecule has 0 aliphatic heterocycles. The van der Waals surface area contributed by atoms with E-state index in [1.165, 1.54) is 0 Å². The molecule has 1 rings (SSSR count). The molecule has 17 heavy (non-hydrogen) atoms. The van der Waals surface area contributed by atoms with Gasteiger partial charge in [0.25, 0.3) is 0 Å². The summed E-state index contributed by atoms with van der Waals surface area (Å²) >= 11 is 0. The Hall–Kier alpha value is -1.60. The standard InChI is InChI=1S/C13H20N4/c1-4-13(5-2,9-15)17-12-7-11(8-14)6-10(3)16-12/h6-7H,4-5,9,15H2,1-3H3,(H,16,17). The van der Waals surface area contributed by atoms with Gasteiger partial charge in [0.1, 0.15) is 5.82 Å². The molecule has 92 valence electrons. The van der Waals surface area contributed by atoms with Crippen LogP contribution in [0.3, 0.4) is 0 Å². The molecule has 1 aromatic heterocycles. The van der Waals surface area contributed by atoms with Crippen LogP contribution in [0.15, 0.2) is 12.1 Å². The molecule has 0 saturated heterocycles. The van der Waals surface area contributed by atoms with E-state index in [4.69, 9.17) is 11.0 Å². The highest BCUT2D eigenvalue weighted by Gasteiger charge is 2.24. The predicted octanol–water partition coefficient (Wildman–Crippen LogP) is 2.19. The lowest BCUT2D eigenvalue weighted by Crippen LogP contribution is -2.44. The lowest BCUT2D eigenvalue weighted by molar-refractivity contribution is 0.443. The molecule has 0 radical (unpaired) electrons. The maximum Gasteiger partial charge on any atom is 0.127 e. The number of aromatic nitrogens is 1. The van der Waals surface area contributed by atoms with Crippen LogP contribution in [0.25, 0.3) is 0 Å². The van der Waals surface area contributed by atoms with Gasteiger partial charge in [-0.3, -0.25) is 0 Å². The van der Waals surface area contributed by atoms with Crippen molar-refractivity contribution in [2.24, 2.45) is 5.73 Å². The van der Waals surface area contributed by atoms with Gasteiger partial charge < -0.3 is 11.1 Å². The van der Waals surface area contributed by atoms with E-state index < -0.39 is 0 Å². The SMILES string of the molecule is CCC(CC)(CN)Nc1cc(C#N)cc(C)n1. The van der Waals surface area contributed by atoms with Crippen LogP contribution < -0.4 is 11.1 Å². The third kappa shape index (κ3) is 3.18. The van der Waals surface area contributed by atoms with E-state index in [1.807, 2.05) is 6.92 Å². The van der Waals surface area contributed by atoms with E-state index >= 15 is 0 Å². The first-order valence-corrected chi connectivity index (χ1v) is 5.96. The summed E-state index contributed by atoms with van der Waals surface area (Å²) in [5.41, 5.74) is 7.16. The zero-order valence-electron chi connectivity index (χ0n) is 10.7. The van der Waals surface area contributed by atoms with E-state index in [9.17, 15) is 0 Å². The molecule has 4 heteroatoms. The van der Waals surface area contributed by atoms with Gasteiger partial charge in [0.2, 0.25) is 0 Å². The minimum Gasteiger partial charge on any atom is -0.363 e. The van der Waals surface area contributed by atoms with Crippen LogP contribution in [0.4, 0.5) is 5.82 Å². The van der Waals surface area contributed by atoms with Gasteiger partial charge in [0.05, 0.1) is 17.2 Å². The quantitative estimate of drug-likeness (QED) is 0.816. The number of nitrogens with two attached hydrogens (primary N) is 1. The Kier molecular flexibility index (Phi) is 4.47. The molecule has 0 aromatic carbocycles. The maximum atomic E-state index is 8.93. The van der Waals surface area contributed by atoms with Crippen LogP contribution in [-0.2, 0) is 0 Å². The Balaban J connectivity index is 3.02. The van der Waals surface area contributed by atoms with E-state index in [0.717, 1.165) is 24.4 Å². The number of pyridine rings is 1. The van der Waals surface area contributed by atoms with Gasteiger partial charge in [0, 0.05) is 12.2 Å². The molecule has 1 aromatic rings. The number of rotatable bonds is 5. The predicted molar refractivity (Wildman–Crippen MR) is 69.7 cm³/mol. The van der Waals surface area contributed by atoms with Crippen molar-refractivity contribution in [2.45, 2.75) is 39.2 Å². The minimum atomic E-state index is -0.131. The highest BCUT2D eigenvalue weighted by atomic mass is 15.1. The molecule has 0 unspecified atom stereocenters. The first kappa shape index (κ1) is 13.5. The van der Waals surface area contributed by atoms with E-state index in [2.05, 4.69) is 30.2 Å². The smallest absolute Gasteiger partial charge is 0.127 e. The zero-order chi connectivity index (χ0) is 12.9. The molecule has 0 aliphatic rings. The lowest BCUT2D eigenvalue weighted by atomic mass is 9.93. The Bertz CT molecular complexity index is 408. The summed E-state index contributed by atoms with van der Waals surface area (Å²) in [6.45, 7) is 6.64. The first-order chi connectivity index (χ1) is 8.09. The maximum absolute atomic E-state index is 8.93. The molecule has 0 aliphatic carbocycles. The van der Waals surface area contributed by atoms with Crippen LogP contribution in [0.2, 0.25) is 0 Å². The van der Waals surface area contributed by atoms with Crippen molar-refractivity contribution < 1.29 is 0 Å². The number of anilines is 1. The Morgan fingerprint density at radius 2 is 2.06 bits per heavy atom. The molecule has 0 spiro atoms.